The number of hydrogen-bond donors (Lipinski definition) is 0. The van der Waals surface area contributed by atoms with E-state index in [-0.39, 0.29) is 5.91 Å². The fourth-order valence-electron chi connectivity index (χ4n) is 3.45. The maximum atomic E-state index is 12.8. The summed E-state index contributed by atoms with van der Waals surface area (Å²) in [5.41, 5.74) is 5.60. The lowest BCUT2D eigenvalue weighted by Gasteiger charge is -2.20. The molecule has 0 N–H and O–H groups in total. The Labute approximate surface area is 149 Å². The van der Waals surface area contributed by atoms with E-state index < -0.39 is 0 Å². The van der Waals surface area contributed by atoms with Gasteiger partial charge in [-0.15, -0.1) is 0 Å². The third kappa shape index (κ3) is 3.48. The van der Waals surface area contributed by atoms with Crippen LogP contribution in [0.5, 0.6) is 11.5 Å². The Hall–Kier alpha value is -2.49. The monoisotopic (exact) mass is 339 g/mol. The first-order chi connectivity index (χ1) is 12.0. The van der Waals surface area contributed by atoms with Crippen LogP contribution in [-0.4, -0.2) is 32.1 Å². The smallest absolute Gasteiger partial charge is 0.253 e. The van der Waals surface area contributed by atoms with Crippen LogP contribution in [0.4, 0.5) is 0 Å². The third-order valence-corrected chi connectivity index (χ3v) is 4.94. The van der Waals surface area contributed by atoms with Gasteiger partial charge in [0.15, 0.2) is 11.5 Å². The van der Waals surface area contributed by atoms with Gasteiger partial charge >= 0.3 is 0 Å². The largest absolute Gasteiger partial charge is 0.493 e. The average molecular weight is 339 g/mol. The van der Waals surface area contributed by atoms with Crippen LogP contribution in [0.2, 0.25) is 0 Å². The van der Waals surface area contributed by atoms with Gasteiger partial charge in [0, 0.05) is 19.2 Å². The van der Waals surface area contributed by atoms with Gasteiger partial charge in [0.05, 0.1) is 14.2 Å². The lowest BCUT2D eigenvalue weighted by atomic mass is 10.0. The zero-order chi connectivity index (χ0) is 18.0. The van der Waals surface area contributed by atoms with Crippen molar-refractivity contribution in [3.63, 3.8) is 0 Å². The Morgan fingerprint density at radius 2 is 1.72 bits per heavy atom. The molecule has 0 heterocycles. The molecule has 1 aliphatic carbocycles. The lowest BCUT2D eigenvalue weighted by molar-refractivity contribution is 0.0784. The van der Waals surface area contributed by atoms with Gasteiger partial charge in [0.2, 0.25) is 0 Å². The second-order valence-electron chi connectivity index (χ2n) is 6.63. The Morgan fingerprint density at radius 1 is 1.04 bits per heavy atom. The zero-order valence-corrected chi connectivity index (χ0v) is 15.4. The highest BCUT2D eigenvalue weighted by atomic mass is 16.5. The van der Waals surface area contributed by atoms with E-state index in [0.29, 0.717) is 18.0 Å². The van der Waals surface area contributed by atoms with E-state index in [1.54, 1.807) is 19.1 Å². The molecule has 1 amide bonds. The summed E-state index contributed by atoms with van der Waals surface area (Å²) in [6.45, 7) is 2.55. The summed E-state index contributed by atoms with van der Waals surface area (Å²) in [7, 11) is 5.09. The summed E-state index contributed by atoms with van der Waals surface area (Å²) >= 11 is 0. The molecule has 4 nitrogen and oxygen atoms in total. The minimum atomic E-state index is 0.0453. The molecule has 0 atom stereocenters. The number of rotatable bonds is 5. The molecule has 4 heteroatoms. The first kappa shape index (κ1) is 17.3. The minimum absolute atomic E-state index is 0.0453. The van der Waals surface area contributed by atoms with E-state index in [9.17, 15) is 4.79 Å². The molecule has 1 aliphatic rings. The van der Waals surface area contributed by atoms with E-state index >= 15 is 0 Å². The normalized spacial score (nSPS) is 12.6. The van der Waals surface area contributed by atoms with Crippen molar-refractivity contribution in [2.45, 2.75) is 32.7 Å². The summed E-state index contributed by atoms with van der Waals surface area (Å²) in [6, 6.07) is 10.0. The van der Waals surface area contributed by atoms with Crippen LogP contribution in [0, 0.1) is 6.92 Å². The molecule has 2 aromatic rings. The van der Waals surface area contributed by atoms with Crippen molar-refractivity contribution in [3.05, 3.63) is 58.1 Å². The van der Waals surface area contributed by atoms with Crippen molar-refractivity contribution in [1.29, 1.82) is 0 Å². The quantitative estimate of drug-likeness (QED) is 0.832. The van der Waals surface area contributed by atoms with Gasteiger partial charge in [-0.1, -0.05) is 6.07 Å². The van der Waals surface area contributed by atoms with Gasteiger partial charge in [-0.3, -0.25) is 4.79 Å². The SMILES string of the molecule is COc1cc(C)c(CN(C)C(=O)c2ccc3c(c2)CCC3)cc1OC. The molecule has 0 fully saturated rings. The van der Waals surface area contributed by atoms with Crippen LogP contribution in [0.3, 0.4) is 0 Å². The molecule has 0 aliphatic heterocycles. The fourth-order valence-corrected chi connectivity index (χ4v) is 3.45. The predicted molar refractivity (Wildman–Crippen MR) is 98.5 cm³/mol. The van der Waals surface area contributed by atoms with Crippen LogP contribution >= 0.6 is 0 Å². The van der Waals surface area contributed by atoms with E-state index in [1.807, 2.05) is 32.2 Å². The van der Waals surface area contributed by atoms with Gasteiger partial charge in [-0.2, -0.15) is 0 Å². The fraction of sp³-hybridized carbons (Fsp3) is 0.381. The predicted octanol–water partition coefficient (Wildman–Crippen LogP) is 3.77. The van der Waals surface area contributed by atoms with Gasteiger partial charge < -0.3 is 14.4 Å². The molecule has 0 aromatic heterocycles. The number of carbonyl (C=O) groups is 1. The highest BCUT2D eigenvalue weighted by Crippen LogP contribution is 2.31. The lowest BCUT2D eigenvalue weighted by Crippen LogP contribution is -2.26. The first-order valence-electron chi connectivity index (χ1n) is 8.62. The summed E-state index contributed by atoms with van der Waals surface area (Å²) in [4.78, 5) is 14.6. The van der Waals surface area contributed by atoms with Crippen molar-refractivity contribution in [1.82, 2.24) is 4.90 Å². The van der Waals surface area contributed by atoms with Crippen LogP contribution in [0.15, 0.2) is 30.3 Å². The minimum Gasteiger partial charge on any atom is -0.493 e. The number of methoxy groups -OCH3 is 2. The summed E-state index contributed by atoms with van der Waals surface area (Å²) in [6.07, 6.45) is 3.40. The molecule has 3 rings (SSSR count). The topological polar surface area (TPSA) is 38.8 Å². The van der Waals surface area contributed by atoms with E-state index in [2.05, 4.69) is 12.1 Å². The molecule has 132 valence electrons. The number of amides is 1. The van der Waals surface area contributed by atoms with Crippen molar-refractivity contribution >= 4 is 5.91 Å². The third-order valence-electron chi connectivity index (χ3n) is 4.94. The van der Waals surface area contributed by atoms with E-state index in [4.69, 9.17) is 9.47 Å². The van der Waals surface area contributed by atoms with Crippen molar-refractivity contribution in [3.8, 4) is 11.5 Å². The molecule has 25 heavy (non-hydrogen) atoms. The summed E-state index contributed by atoms with van der Waals surface area (Å²) < 4.78 is 10.7. The van der Waals surface area contributed by atoms with Crippen LogP contribution in [-0.2, 0) is 19.4 Å². The number of hydrogen-bond acceptors (Lipinski definition) is 3. The van der Waals surface area contributed by atoms with Crippen LogP contribution < -0.4 is 9.47 Å². The number of fused-ring (bicyclic) bond motifs is 1. The molecule has 0 unspecified atom stereocenters. The highest BCUT2D eigenvalue weighted by Gasteiger charge is 2.18. The van der Waals surface area contributed by atoms with Gasteiger partial charge in [0.25, 0.3) is 5.91 Å². The summed E-state index contributed by atoms with van der Waals surface area (Å²) in [5.74, 6) is 1.43. The number of ether oxygens (including phenoxy) is 2. The molecular weight excluding hydrogens is 314 g/mol. The molecule has 0 radical (unpaired) electrons. The zero-order valence-electron chi connectivity index (χ0n) is 15.4. The van der Waals surface area contributed by atoms with Gasteiger partial charge in [-0.05, 0) is 72.7 Å². The van der Waals surface area contributed by atoms with Gasteiger partial charge in [0.1, 0.15) is 0 Å². The number of aryl methyl sites for hydroxylation is 3. The maximum absolute atomic E-state index is 12.8. The van der Waals surface area contributed by atoms with E-state index in [0.717, 1.165) is 29.5 Å². The van der Waals surface area contributed by atoms with Crippen molar-refractivity contribution in [2.75, 3.05) is 21.3 Å². The Morgan fingerprint density at radius 3 is 2.44 bits per heavy atom. The van der Waals surface area contributed by atoms with E-state index in [1.165, 1.54) is 17.5 Å². The Balaban J connectivity index is 1.80. The molecule has 0 saturated carbocycles. The second-order valence-corrected chi connectivity index (χ2v) is 6.63. The van der Waals surface area contributed by atoms with Crippen LogP contribution in [0.1, 0.15) is 39.0 Å². The Bertz CT molecular complexity index is 798. The van der Waals surface area contributed by atoms with Crippen molar-refractivity contribution in [2.24, 2.45) is 0 Å². The molecule has 2 aromatic carbocycles. The second kappa shape index (κ2) is 7.18. The highest BCUT2D eigenvalue weighted by molar-refractivity contribution is 5.94. The molecule has 0 saturated heterocycles. The van der Waals surface area contributed by atoms with Gasteiger partial charge in [-0.25, -0.2) is 0 Å². The summed E-state index contributed by atoms with van der Waals surface area (Å²) in [5, 5.41) is 0. The number of nitrogens with zero attached hydrogens (tertiary/aromatic N) is 1. The van der Waals surface area contributed by atoms with Crippen molar-refractivity contribution < 1.29 is 14.3 Å². The molecule has 0 bridgehead atoms. The number of benzene rings is 2. The first-order valence-corrected chi connectivity index (χ1v) is 8.62. The van der Waals surface area contributed by atoms with Crippen LogP contribution in [0.25, 0.3) is 0 Å². The number of carbonyl (C=O) groups excluding carboxylic acids is 1. The standard InChI is InChI=1S/C21H25NO3/c1-14-10-19(24-3)20(25-4)12-18(14)13-22(2)21(23)17-9-8-15-6-5-7-16(15)11-17/h8-12H,5-7,13H2,1-4H3. The molecular formula is C21H25NO3. The average Bonchev–Trinajstić information content (AvgIpc) is 3.09. The molecule has 0 spiro atoms. The Kier molecular flexibility index (Phi) is 4.98. The maximum Gasteiger partial charge on any atom is 0.253 e.